The van der Waals surface area contributed by atoms with Gasteiger partial charge in [-0.3, -0.25) is 4.90 Å². The molecule has 5 heteroatoms. The lowest BCUT2D eigenvalue weighted by Crippen LogP contribution is -2.18. The highest BCUT2D eigenvalue weighted by Crippen LogP contribution is 2.11. The Morgan fingerprint density at radius 1 is 1.21 bits per heavy atom. The van der Waals surface area contributed by atoms with Crippen LogP contribution < -0.4 is 11.3 Å². The molecule has 0 unspecified atom stereocenters. The van der Waals surface area contributed by atoms with Crippen molar-refractivity contribution in [3.8, 4) is 0 Å². The molecule has 0 amide bonds. The molecule has 0 aliphatic carbocycles. The average Bonchev–Trinajstić information content (AvgIpc) is 2.42. The second-order valence-electron chi connectivity index (χ2n) is 4.46. The molecule has 4 nitrogen and oxygen atoms in total. The number of nitrogen functional groups attached to an aromatic ring is 1. The molecule has 0 atom stereocenters. The molecule has 1 aromatic carbocycles. The third-order valence-corrected chi connectivity index (χ3v) is 2.82. The fourth-order valence-electron chi connectivity index (χ4n) is 1.89. The van der Waals surface area contributed by atoms with E-state index in [-0.39, 0.29) is 5.82 Å². The van der Waals surface area contributed by atoms with E-state index in [9.17, 15) is 4.39 Å². The van der Waals surface area contributed by atoms with E-state index in [4.69, 9.17) is 5.84 Å². The lowest BCUT2D eigenvalue weighted by Gasteiger charge is -2.17. The minimum atomic E-state index is -0.171. The number of pyridine rings is 1. The smallest absolute Gasteiger partial charge is 0.139 e. The Balaban J connectivity index is 1.97. The molecule has 0 saturated heterocycles. The summed E-state index contributed by atoms with van der Waals surface area (Å²) < 4.78 is 13.5. The van der Waals surface area contributed by atoms with Crippen molar-refractivity contribution >= 4 is 5.82 Å². The normalized spacial score (nSPS) is 10.7. The van der Waals surface area contributed by atoms with Crippen LogP contribution in [0.15, 0.2) is 42.6 Å². The van der Waals surface area contributed by atoms with Gasteiger partial charge in [0.15, 0.2) is 0 Å². The van der Waals surface area contributed by atoms with E-state index in [1.54, 1.807) is 18.3 Å². The molecular weight excluding hydrogens is 243 g/mol. The van der Waals surface area contributed by atoms with Crippen LogP contribution in [0.5, 0.6) is 0 Å². The van der Waals surface area contributed by atoms with Crippen molar-refractivity contribution in [1.29, 1.82) is 0 Å². The number of nitrogens with zero attached hydrogens (tertiary/aromatic N) is 2. The molecule has 0 spiro atoms. The van der Waals surface area contributed by atoms with E-state index >= 15 is 0 Å². The molecule has 19 heavy (non-hydrogen) atoms. The first-order valence-electron chi connectivity index (χ1n) is 6.02. The Morgan fingerprint density at radius 2 is 2.00 bits per heavy atom. The molecule has 0 radical (unpaired) electrons. The van der Waals surface area contributed by atoms with Crippen LogP contribution in [0.3, 0.4) is 0 Å². The Bertz CT molecular complexity index is 527. The van der Waals surface area contributed by atoms with E-state index in [2.05, 4.69) is 10.4 Å². The molecule has 1 aromatic heterocycles. The number of rotatable bonds is 5. The number of benzene rings is 1. The van der Waals surface area contributed by atoms with Gasteiger partial charge in [0, 0.05) is 24.8 Å². The molecule has 3 N–H and O–H groups in total. The molecule has 0 fully saturated rings. The van der Waals surface area contributed by atoms with Gasteiger partial charge in [-0.15, -0.1) is 0 Å². The van der Waals surface area contributed by atoms with Gasteiger partial charge in [-0.25, -0.2) is 15.2 Å². The number of nitrogens with two attached hydrogens (primary N) is 1. The van der Waals surface area contributed by atoms with Crippen LogP contribution >= 0.6 is 0 Å². The fourth-order valence-corrected chi connectivity index (χ4v) is 1.89. The second-order valence-corrected chi connectivity index (χ2v) is 4.46. The van der Waals surface area contributed by atoms with Gasteiger partial charge < -0.3 is 5.43 Å². The van der Waals surface area contributed by atoms with Gasteiger partial charge >= 0.3 is 0 Å². The van der Waals surface area contributed by atoms with Crippen molar-refractivity contribution < 1.29 is 4.39 Å². The largest absolute Gasteiger partial charge is 0.308 e. The van der Waals surface area contributed by atoms with Gasteiger partial charge in [0.05, 0.1) is 0 Å². The van der Waals surface area contributed by atoms with Crippen LogP contribution in [-0.2, 0) is 13.1 Å². The molecule has 2 rings (SSSR count). The first-order valence-corrected chi connectivity index (χ1v) is 6.02. The highest BCUT2D eigenvalue weighted by molar-refractivity contribution is 5.33. The lowest BCUT2D eigenvalue weighted by molar-refractivity contribution is 0.313. The van der Waals surface area contributed by atoms with Crippen LogP contribution in [0.2, 0.25) is 0 Å². The Labute approximate surface area is 112 Å². The maximum atomic E-state index is 13.5. The van der Waals surface area contributed by atoms with Crippen molar-refractivity contribution in [3.05, 3.63) is 59.5 Å². The number of hydrazine groups is 1. The number of nitrogens with one attached hydrogen (secondary N) is 1. The maximum absolute atomic E-state index is 13.5. The van der Waals surface area contributed by atoms with Gasteiger partial charge in [0.1, 0.15) is 11.6 Å². The van der Waals surface area contributed by atoms with Crippen molar-refractivity contribution in [2.24, 2.45) is 5.84 Å². The summed E-state index contributed by atoms with van der Waals surface area (Å²) in [7, 11) is 1.95. The summed E-state index contributed by atoms with van der Waals surface area (Å²) in [6.45, 7) is 1.26. The highest BCUT2D eigenvalue weighted by Gasteiger charge is 2.06. The van der Waals surface area contributed by atoms with Crippen LogP contribution in [0.1, 0.15) is 11.1 Å². The third kappa shape index (κ3) is 3.74. The first-order chi connectivity index (χ1) is 9.19. The number of aromatic nitrogens is 1. The van der Waals surface area contributed by atoms with Crippen LogP contribution in [0, 0.1) is 5.82 Å². The van der Waals surface area contributed by atoms with Gasteiger partial charge in [-0.1, -0.05) is 24.3 Å². The minimum absolute atomic E-state index is 0.171. The number of anilines is 1. The Kier molecular flexibility index (Phi) is 4.43. The van der Waals surface area contributed by atoms with E-state index in [1.165, 1.54) is 6.07 Å². The zero-order valence-corrected chi connectivity index (χ0v) is 10.8. The SMILES string of the molecule is CN(Cc1ccc(NN)nc1)Cc1ccccc1F. The molecule has 0 aliphatic rings. The fraction of sp³-hybridized carbons (Fsp3) is 0.214. The second kappa shape index (κ2) is 6.26. The van der Waals surface area contributed by atoms with Crippen molar-refractivity contribution in [2.75, 3.05) is 12.5 Å². The van der Waals surface area contributed by atoms with E-state index in [1.807, 2.05) is 30.1 Å². The van der Waals surface area contributed by atoms with Crippen LogP contribution in [0.4, 0.5) is 10.2 Å². The van der Waals surface area contributed by atoms with Gasteiger partial charge in [-0.05, 0) is 24.7 Å². The standard InChI is InChI=1S/C14H17FN4/c1-19(10-12-4-2-3-5-13(12)15)9-11-6-7-14(18-16)17-8-11/h2-8H,9-10,16H2,1H3,(H,17,18). The quantitative estimate of drug-likeness (QED) is 0.639. The molecule has 1 heterocycles. The summed E-state index contributed by atoms with van der Waals surface area (Å²) in [6, 6.07) is 10.6. The first kappa shape index (κ1) is 13.5. The summed E-state index contributed by atoms with van der Waals surface area (Å²) in [5.74, 6) is 5.71. The molecule has 100 valence electrons. The highest BCUT2D eigenvalue weighted by atomic mass is 19.1. The van der Waals surface area contributed by atoms with Gasteiger partial charge in [-0.2, -0.15) is 0 Å². The van der Waals surface area contributed by atoms with Crippen LogP contribution in [0.25, 0.3) is 0 Å². The van der Waals surface area contributed by atoms with Crippen molar-refractivity contribution in [2.45, 2.75) is 13.1 Å². The zero-order valence-electron chi connectivity index (χ0n) is 10.8. The van der Waals surface area contributed by atoms with Gasteiger partial charge in [0.2, 0.25) is 0 Å². The van der Waals surface area contributed by atoms with E-state index in [0.29, 0.717) is 24.5 Å². The summed E-state index contributed by atoms with van der Waals surface area (Å²) >= 11 is 0. The monoisotopic (exact) mass is 260 g/mol. The predicted octanol–water partition coefficient (Wildman–Crippen LogP) is 2.14. The minimum Gasteiger partial charge on any atom is -0.308 e. The molecule has 0 aliphatic heterocycles. The maximum Gasteiger partial charge on any atom is 0.139 e. The average molecular weight is 260 g/mol. The van der Waals surface area contributed by atoms with Crippen LogP contribution in [-0.4, -0.2) is 16.9 Å². The molecule has 0 bridgehead atoms. The number of hydrogen-bond donors (Lipinski definition) is 2. The topological polar surface area (TPSA) is 54.2 Å². The Hall–Kier alpha value is -1.98. The predicted molar refractivity (Wildman–Crippen MR) is 73.6 cm³/mol. The third-order valence-electron chi connectivity index (χ3n) is 2.82. The van der Waals surface area contributed by atoms with E-state index in [0.717, 1.165) is 5.56 Å². The van der Waals surface area contributed by atoms with Gasteiger partial charge in [0.25, 0.3) is 0 Å². The zero-order chi connectivity index (χ0) is 13.7. The van der Waals surface area contributed by atoms with Crippen molar-refractivity contribution in [1.82, 2.24) is 9.88 Å². The lowest BCUT2D eigenvalue weighted by atomic mass is 10.2. The molecule has 0 saturated carbocycles. The summed E-state index contributed by atoms with van der Waals surface area (Å²) in [5.41, 5.74) is 4.23. The Morgan fingerprint density at radius 3 is 2.63 bits per heavy atom. The molecular formula is C14H17FN4. The summed E-state index contributed by atoms with van der Waals surface area (Å²) in [5, 5.41) is 0. The summed E-state index contributed by atoms with van der Waals surface area (Å²) in [6.07, 6.45) is 1.76. The summed E-state index contributed by atoms with van der Waals surface area (Å²) in [4.78, 5) is 6.17. The van der Waals surface area contributed by atoms with E-state index < -0.39 is 0 Å². The van der Waals surface area contributed by atoms with Crippen molar-refractivity contribution in [3.63, 3.8) is 0 Å². The molecule has 2 aromatic rings. The number of hydrogen-bond acceptors (Lipinski definition) is 4. The number of halogens is 1.